The van der Waals surface area contributed by atoms with E-state index in [9.17, 15) is 14.4 Å². The Morgan fingerprint density at radius 2 is 1.88 bits per heavy atom. The molecule has 1 fully saturated rings. The molecule has 1 heterocycles. The number of ketones is 1. The molecule has 1 atom stereocenters. The fourth-order valence-corrected chi connectivity index (χ4v) is 3.59. The average molecular weight is 415 g/mol. The highest BCUT2D eigenvalue weighted by Crippen LogP contribution is 2.30. The highest BCUT2D eigenvalue weighted by Gasteiger charge is 2.49. The van der Waals surface area contributed by atoms with Crippen LogP contribution in [0.15, 0.2) is 46.9 Å². The van der Waals surface area contributed by atoms with Gasteiger partial charge in [0, 0.05) is 10.0 Å². The molecule has 0 radical (unpaired) electrons. The van der Waals surface area contributed by atoms with Gasteiger partial charge >= 0.3 is 6.03 Å². The van der Waals surface area contributed by atoms with E-state index in [4.69, 9.17) is 0 Å². The fourth-order valence-electron chi connectivity index (χ4n) is 3.19. The van der Waals surface area contributed by atoms with Gasteiger partial charge in [0.05, 0.1) is 6.54 Å². The maximum atomic E-state index is 12.9. The van der Waals surface area contributed by atoms with Gasteiger partial charge in [-0.2, -0.15) is 0 Å². The first-order valence-electron chi connectivity index (χ1n) is 8.23. The molecule has 1 aliphatic heterocycles. The van der Waals surface area contributed by atoms with E-state index in [-0.39, 0.29) is 12.3 Å². The fraction of sp³-hybridized carbons (Fsp3) is 0.250. The Kier molecular flexibility index (Phi) is 4.71. The third kappa shape index (κ3) is 3.17. The molecule has 2 aromatic carbocycles. The van der Waals surface area contributed by atoms with Crippen LogP contribution in [0.3, 0.4) is 0 Å². The molecule has 1 N–H and O–H groups in total. The second kappa shape index (κ2) is 6.68. The molecule has 1 aliphatic rings. The van der Waals surface area contributed by atoms with Gasteiger partial charge < -0.3 is 5.32 Å². The van der Waals surface area contributed by atoms with Crippen LogP contribution in [-0.4, -0.2) is 29.2 Å². The second-order valence-electron chi connectivity index (χ2n) is 6.70. The molecule has 1 saturated heterocycles. The lowest BCUT2D eigenvalue weighted by Gasteiger charge is -2.22. The summed E-state index contributed by atoms with van der Waals surface area (Å²) in [6, 6.07) is 12.1. The third-order valence-electron chi connectivity index (χ3n) is 4.66. The van der Waals surface area contributed by atoms with Crippen LogP contribution in [0.25, 0.3) is 0 Å². The van der Waals surface area contributed by atoms with E-state index >= 15 is 0 Å². The molecule has 0 aliphatic carbocycles. The summed E-state index contributed by atoms with van der Waals surface area (Å²) in [4.78, 5) is 39.0. The summed E-state index contributed by atoms with van der Waals surface area (Å²) in [7, 11) is 0. The van der Waals surface area contributed by atoms with Crippen LogP contribution in [-0.2, 0) is 10.3 Å². The van der Waals surface area contributed by atoms with Crippen molar-refractivity contribution < 1.29 is 14.4 Å². The first kappa shape index (κ1) is 18.3. The molecule has 1 unspecified atom stereocenters. The molecule has 26 heavy (non-hydrogen) atoms. The van der Waals surface area contributed by atoms with Crippen LogP contribution >= 0.6 is 15.9 Å². The Balaban J connectivity index is 1.86. The first-order chi connectivity index (χ1) is 12.2. The average Bonchev–Trinajstić information content (AvgIpc) is 2.79. The van der Waals surface area contributed by atoms with Gasteiger partial charge in [0.15, 0.2) is 5.78 Å². The molecule has 3 rings (SSSR count). The minimum absolute atomic E-state index is 0.260. The molecule has 6 heteroatoms. The number of nitrogens with zero attached hydrogens (tertiary/aromatic N) is 1. The summed E-state index contributed by atoms with van der Waals surface area (Å²) in [6.45, 7) is 5.16. The molecular weight excluding hydrogens is 396 g/mol. The van der Waals surface area contributed by atoms with E-state index in [1.807, 2.05) is 32.0 Å². The normalized spacial score (nSPS) is 19.6. The number of amides is 3. The van der Waals surface area contributed by atoms with Crippen molar-refractivity contribution in [3.8, 4) is 0 Å². The molecule has 2 aromatic rings. The van der Waals surface area contributed by atoms with Crippen LogP contribution < -0.4 is 5.32 Å². The zero-order chi connectivity index (χ0) is 19.1. The van der Waals surface area contributed by atoms with Crippen molar-refractivity contribution in [2.45, 2.75) is 26.3 Å². The predicted molar refractivity (Wildman–Crippen MR) is 102 cm³/mol. The van der Waals surface area contributed by atoms with Crippen LogP contribution in [0, 0.1) is 13.8 Å². The number of rotatable bonds is 4. The number of carbonyl (C=O) groups is 3. The summed E-state index contributed by atoms with van der Waals surface area (Å²) in [5.74, 6) is -0.691. The summed E-state index contributed by atoms with van der Waals surface area (Å²) in [5.41, 5.74) is 1.87. The molecule has 0 aromatic heterocycles. The van der Waals surface area contributed by atoms with E-state index in [2.05, 4.69) is 21.2 Å². The number of Topliss-reactive ketones (excluding diaryl/α,β-unsaturated/α-hetero) is 1. The maximum Gasteiger partial charge on any atom is 0.325 e. The quantitative estimate of drug-likeness (QED) is 0.612. The minimum atomic E-state index is -1.19. The Labute approximate surface area is 160 Å². The van der Waals surface area contributed by atoms with Gasteiger partial charge in [0.2, 0.25) is 0 Å². The highest BCUT2D eigenvalue weighted by molar-refractivity contribution is 9.10. The minimum Gasteiger partial charge on any atom is -0.319 e. The number of imide groups is 1. The first-order valence-corrected chi connectivity index (χ1v) is 9.02. The monoisotopic (exact) mass is 414 g/mol. The van der Waals surface area contributed by atoms with Crippen molar-refractivity contribution in [3.05, 3.63) is 69.2 Å². The van der Waals surface area contributed by atoms with Gasteiger partial charge in [-0.3, -0.25) is 14.5 Å². The predicted octanol–water partition coefficient (Wildman–Crippen LogP) is 3.72. The van der Waals surface area contributed by atoms with Crippen molar-refractivity contribution in [2.24, 2.45) is 0 Å². The Hall–Kier alpha value is -2.47. The number of hydrogen-bond acceptors (Lipinski definition) is 3. The number of urea groups is 1. The van der Waals surface area contributed by atoms with E-state index in [1.165, 1.54) is 0 Å². The van der Waals surface area contributed by atoms with Gasteiger partial charge in [0.1, 0.15) is 5.54 Å². The van der Waals surface area contributed by atoms with Gasteiger partial charge in [-0.1, -0.05) is 51.8 Å². The van der Waals surface area contributed by atoms with E-state index in [1.54, 1.807) is 31.2 Å². The molecule has 0 saturated carbocycles. The van der Waals surface area contributed by atoms with Crippen LogP contribution in [0.5, 0.6) is 0 Å². The number of carbonyl (C=O) groups excluding carboxylic acids is 3. The molecular formula is C20H19BrN2O3. The van der Waals surface area contributed by atoms with Gasteiger partial charge in [0.25, 0.3) is 5.91 Å². The summed E-state index contributed by atoms with van der Waals surface area (Å²) < 4.78 is 0.808. The molecule has 5 nitrogen and oxygen atoms in total. The van der Waals surface area contributed by atoms with E-state index in [0.717, 1.165) is 20.5 Å². The Morgan fingerprint density at radius 1 is 1.15 bits per heavy atom. The Bertz CT molecular complexity index is 925. The van der Waals surface area contributed by atoms with Crippen molar-refractivity contribution in [1.29, 1.82) is 0 Å². The summed E-state index contributed by atoms with van der Waals surface area (Å²) >= 11 is 3.38. The van der Waals surface area contributed by atoms with Crippen molar-refractivity contribution >= 4 is 33.7 Å². The van der Waals surface area contributed by atoms with Crippen LogP contribution in [0.1, 0.15) is 34.0 Å². The van der Waals surface area contributed by atoms with Gasteiger partial charge in [-0.15, -0.1) is 0 Å². The second-order valence-corrected chi connectivity index (χ2v) is 7.61. The van der Waals surface area contributed by atoms with Crippen molar-refractivity contribution in [1.82, 2.24) is 10.2 Å². The van der Waals surface area contributed by atoms with E-state index < -0.39 is 17.5 Å². The molecule has 0 bridgehead atoms. The summed E-state index contributed by atoms with van der Waals surface area (Å²) in [6.07, 6.45) is 0. The van der Waals surface area contributed by atoms with Crippen LogP contribution in [0.2, 0.25) is 0 Å². The van der Waals surface area contributed by atoms with E-state index in [0.29, 0.717) is 11.1 Å². The molecule has 0 spiro atoms. The Morgan fingerprint density at radius 3 is 2.54 bits per heavy atom. The number of halogens is 1. The van der Waals surface area contributed by atoms with Gasteiger partial charge in [-0.25, -0.2) is 4.79 Å². The smallest absolute Gasteiger partial charge is 0.319 e. The van der Waals surface area contributed by atoms with Gasteiger partial charge in [-0.05, 0) is 44.0 Å². The topological polar surface area (TPSA) is 66.5 Å². The van der Waals surface area contributed by atoms with Crippen molar-refractivity contribution in [3.63, 3.8) is 0 Å². The summed E-state index contributed by atoms with van der Waals surface area (Å²) in [5, 5.41) is 2.72. The zero-order valence-corrected chi connectivity index (χ0v) is 16.4. The largest absolute Gasteiger partial charge is 0.325 e. The van der Waals surface area contributed by atoms with Crippen LogP contribution in [0.4, 0.5) is 4.79 Å². The number of aryl methyl sites for hydroxylation is 2. The third-order valence-corrected chi connectivity index (χ3v) is 5.15. The lowest BCUT2D eigenvalue weighted by molar-refractivity contribution is -0.130. The maximum absolute atomic E-state index is 12.9. The van der Waals surface area contributed by atoms with Crippen molar-refractivity contribution in [2.75, 3.05) is 6.54 Å². The number of hydrogen-bond donors (Lipinski definition) is 1. The SMILES string of the molecule is Cc1ccc(C(=O)CN2C(=O)NC(C)(c3cccc(Br)c3)C2=O)c(C)c1. The molecule has 3 amide bonds. The molecule has 134 valence electrons. The lowest BCUT2D eigenvalue weighted by atomic mass is 9.92. The standard InChI is InChI=1S/C20H19BrN2O3/c1-12-7-8-16(13(2)9-12)17(24)11-23-18(25)20(3,22-19(23)26)14-5-4-6-15(21)10-14/h4-10H,11H2,1-3H3,(H,22,26). The number of benzene rings is 2. The highest BCUT2D eigenvalue weighted by atomic mass is 79.9. The lowest BCUT2D eigenvalue weighted by Crippen LogP contribution is -2.41. The zero-order valence-electron chi connectivity index (χ0n) is 14.8. The number of nitrogens with one attached hydrogen (secondary N) is 1.